The smallest absolute Gasteiger partial charge is 0.244 e. The molecule has 1 aliphatic rings. The fraction of sp³-hybridized carbons (Fsp3) is 0.481. The van der Waals surface area contributed by atoms with E-state index in [-0.39, 0.29) is 18.5 Å². The van der Waals surface area contributed by atoms with Gasteiger partial charge in [0.1, 0.15) is 12.6 Å². The zero-order chi connectivity index (χ0) is 26.3. The molecule has 2 amide bonds. The number of nitrogens with one attached hydrogen (secondary N) is 1. The van der Waals surface area contributed by atoms with E-state index in [4.69, 9.17) is 11.6 Å². The SMILES string of the molecule is Cc1c(Cl)cccc1N(CC(=O)N(CCc1ccccc1)[C@H](C)C(=O)NC1CCCCC1)S(C)(=O)=O. The Morgan fingerprint density at radius 3 is 2.36 bits per heavy atom. The third-order valence-corrected chi connectivity index (χ3v) is 8.33. The van der Waals surface area contributed by atoms with Crippen LogP contribution in [0.3, 0.4) is 0 Å². The summed E-state index contributed by atoms with van der Waals surface area (Å²) in [4.78, 5) is 28.3. The van der Waals surface area contributed by atoms with Crippen LogP contribution in [0, 0.1) is 6.92 Å². The Balaban J connectivity index is 1.84. The Morgan fingerprint density at radius 2 is 1.72 bits per heavy atom. The van der Waals surface area contributed by atoms with E-state index in [0.29, 0.717) is 22.7 Å². The third-order valence-electron chi connectivity index (χ3n) is 6.79. The van der Waals surface area contributed by atoms with Crippen molar-refractivity contribution in [1.82, 2.24) is 10.2 Å². The lowest BCUT2D eigenvalue weighted by Gasteiger charge is -2.33. The van der Waals surface area contributed by atoms with E-state index in [2.05, 4.69) is 5.32 Å². The number of hydrogen-bond acceptors (Lipinski definition) is 4. The lowest BCUT2D eigenvalue weighted by molar-refractivity contribution is -0.139. The molecule has 1 aliphatic carbocycles. The van der Waals surface area contributed by atoms with Gasteiger partial charge in [-0.2, -0.15) is 0 Å². The second kappa shape index (κ2) is 12.6. The van der Waals surface area contributed by atoms with Crippen molar-refractivity contribution in [2.45, 2.75) is 64.5 Å². The molecule has 2 aromatic carbocycles. The highest BCUT2D eigenvalue weighted by Crippen LogP contribution is 2.28. The molecule has 36 heavy (non-hydrogen) atoms. The van der Waals surface area contributed by atoms with Gasteiger partial charge < -0.3 is 10.2 Å². The van der Waals surface area contributed by atoms with Gasteiger partial charge >= 0.3 is 0 Å². The van der Waals surface area contributed by atoms with Gasteiger partial charge in [-0.1, -0.05) is 67.3 Å². The molecule has 2 aromatic rings. The summed E-state index contributed by atoms with van der Waals surface area (Å²) in [5.74, 6) is -0.657. The lowest BCUT2D eigenvalue weighted by Crippen LogP contribution is -2.53. The van der Waals surface area contributed by atoms with Crippen molar-refractivity contribution >= 4 is 39.1 Å². The van der Waals surface area contributed by atoms with Crippen LogP contribution in [0.25, 0.3) is 0 Å². The molecule has 0 saturated heterocycles. The van der Waals surface area contributed by atoms with Crippen molar-refractivity contribution in [1.29, 1.82) is 0 Å². The molecular formula is C27H36ClN3O4S. The highest BCUT2D eigenvalue weighted by Gasteiger charge is 2.31. The van der Waals surface area contributed by atoms with E-state index in [1.165, 1.54) is 11.3 Å². The Kier molecular flexibility index (Phi) is 9.79. The topological polar surface area (TPSA) is 86.8 Å². The first-order valence-electron chi connectivity index (χ1n) is 12.4. The maximum atomic E-state index is 13.6. The zero-order valence-electron chi connectivity index (χ0n) is 21.2. The van der Waals surface area contributed by atoms with Gasteiger partial charge in [0.05, 0.1) is 11.9 Å². The molecule has 9 heteroatoms. The molecule has 1 fully saturated rings. The van der Waals surface area contributed by atoms with Crippen LogP contribution in [0.2, 0.25) is 5.02 Å². The Bertz CT molecular complexity index is 1150. The van der Waals surface area contributed by atoms with Crippen LogP contribution in [0.1, 0.15) is 50.2 Å². The van der Waals surface area contributed by atoms with Crippen molar-refractivity contribution in [3.05, 3.63) is 64.7 Å². The van der Waals surface area contributed by atoms with Gasteiger partial charge in [-0.25, -0.2) is 8.42 Å². The zero-order valence-corrected chi connectivity index (χ0v) is 22.8. The minimum absolute atomic E-state index is 0.112. The molecule has 196 valence electrons. The molecule has 1 N–H and O–H groups in total. The normalized spacial score (nSPS) is 15.2. The second-order valence-corrected chi connectivity index (χ2v) is 11.8. The summed E-state index contributed by atoms with van der Waals surface area (Å²) in [5.41, 5.74) is 1.94. The van der Waals surface area contributed by atoms with Gasteiger partial charge in [0.25, 0.3) is 0 Å². The average Bonchev–Trinajstić information content (AvgIpc) is 2.85. The average molecular weight is 534 g/mol. The maximum Gasteiger partial charge on any atom is 0.244 e. The van der Waals surface area contributed by atoms with Crippen LogP contribution < -0.4 is 9.62 Å². The first-order valence-corrected chi connectivity index (χ1v) is 14.7. The number of anilines is 1. The quantitative estimate of drug-likeness (QED) is 0.492. The molecule has 0 heterocycles. The predicted octanol–water partition coefficient (Wildman–Crippen LogP) is 4.32. The predicted molar refractivity (Wildman–Crippen MR) is 145 cm³/mol. The van der Waals surface area contributed by atoms with Crippen molar-refractivity contribution in [2.24, 2.45) is 0 Å². The first-order chi connectivity index (χ1) is 17.1. The fourth-order valence-corrected chi connectivity index (χ4v) is 5.67. The molecule has 1 saturated carbocycles. The molecule has 0 radical (unpaired) electrons. The summed E-state index contributed by atoms with van der Waals surface area (Å²) in [5, 5.41) is 3.51. The minimum Gasteiger partial charge on any atom is -0.352 e. The molecule has 7 nitrogen and oxygen atoms in total. The van der Waals surface area contributed by atoms with Crippen LogP contribution in [-0.4, -0.2) is 56.6 Å². The Morgan fingerprint density at radius 1 is 1.06 bits per heavy atom. The van der Waals surface area contributed by atoms with E-state index in [1.807, 2.05) is 30.3 Å². The maximum absolute atomic E-state index is 13.6. The van der Waals surface area contributed by atoms with E-state index >= 15 is 0 Å². The summed E-state index contributed by atoms with van der Waals surface area (Å²) >= 11 is 6.24. The highest BCUT2D eigenvalue weighted by atomic mass is 35.5. The van der Waals surface area contributed by atoms with E-state index < -0.39 is 28.5 Å². The van der Waals surface area contributed by atoms with Crippen LogP contribution >= 0.6 is 11.6 Å². The standard InChI is InChI=1S/C27H36ClN3O4S/c1-20-24(28)15-10-16-25(20)31(36(3,34)35)19-26(32)30(18-17-22-11-6-4-7-12-22)21(2)27(33)29-23-13-8-5-9-14-23/h4,6-7,10-12,15-16,21,23H,5,8-9,13-14,17-19H2,1-3H3,(H,29,33)/t21-/m1/s1. The van der Waals surface area contributed by atoms with Crippen LogP contribution in [0.15, 0.2) is 48.5 Å². The van der Waals surface area contributed by atoms with Crippen molar-refractivity contribution in [3.8, 4) is 0 Å². The summed E-state index contributed by atoms with van der Waals surface area (Å²) in [6.07, 6.45) is 6.82. The highest BCUT2D eigenvalue weighted by molar-refractivity contribution is 7.92. The number of amides is 2. The van der Waals surface area contributed by atoms with Gasteiger partial charge in [0, 0.05) is 17.6 Å². The fourth-order valence-electron chi connectivity index (χ4n) is 4.60. The first kappa shape index (κ1) is 28.0. The van der Waals surface area contributed by atoms with Gasteiger partial charge in [-0.15, -0.1) is 0 Å². The third kappa shape index (κ3) is 7.46. The number of carbonyl (C=O) groups is 2. The molecule has 1 atom stereocenters. The number of nitrogens with zero attached hydrogens (tertiary/aromatic N) is 2. The second-order valence-electron chi connectivity index (χ2n) is 9.50. The van der Waals surface area contributed by atoms with Gasteiger partial charge in [0.15, 0.2) is 0 Å². The number of sulfonamides is 1. The minimum atomic E-state index is -3.79. The molecule has 3 rings (SSSR count). The number of benzene rings is 2. The van der Waals surface area contributed by atoms with E-state index in [9.17, 15) is 18.0 Å². The van der Waals surface area contributed by atoms with Crippen molar-refractivity contribution in [3.63, 3.8) is 0 Å². The van der Waals surface area contributed by atoms with Crippen molar-refractivity contribution in [2.75, 3.05) is 23.7 Å². The molecule has 0 aliphatic heterocycles. The van der Waals surface area contributed by atoms with Crippen LogP contribution in [0.5, 0.6) is 0 Å². The number of hydrogen-bond donors (Lipinski definition) is 1. The molecule has 0 unspecified atom stereocenters. The largest absolute Gasteiger partial charge is 0.352 e. The molecular weight excluding hydrogens is 498 g/mol. The molecule has 0 spiro atoms. The number of halogens is 1. The summed E-state index contributed by atoms with van der Waals surface area (Å²) in [6, 6.07) is 14.0. The van der Waals surface area contributed by atoms with Gasteiger partial charge in [-0.05, 0) is 56.4 Å². The summed E-state index contributed by atoms with van der Waals surface area (Å²) in [6.45, 7) is 3.29. The molecule has 0 aromatic heterocycles. The number of carbonyl (C=O) groups excluding carboxylic acids is 2. The Labute approximate surface area is 219 Å². The Hall–Kier alpha value is -2.58. The lowest BCUT2D eigenvalue weighted by atomic mass is 9.95. The van der Waals surface area contributed by atoms with Crippen LogP contribution in [0.4, 0.5) is 5.69 Å². The van der Waals surface area contributed by atoms with Gasteiger partial charge in [-0.3, -0.25) is 13.9 Å². The van der Waals surface area contributed by atoms with Crippen molar-refractivity contribution < 1.29 is 18.0 Å². The number of rotatable bonds is 10. The summed E-state index contributed by atoms with van der Waals surface area (Å²) in [7, 11) is -3.79. The molecule has 0 bridgehead atoms. The van der Waals surface area contributed by atoms with Crippen LogP contribution in [-0.2, 0) is 26.0 Å². The van der Waals surface area contributed by atoms with Gasteiger partial charge in [0.2, 0.25) is 21.8 Å². The van der Waals surface area contributed by atoms with E-state index in [1.54, 1.807) is 32.0 Å². The monoisotopic (exact) mass is 533 g/mol. The summed E-state index contributed by atoms with van der Waals surface area (Å²) < 4.78 is 26.5. The van der Waals surface area contributed by atoms with E-state index in [0.717, 1.165) is 41.8 Å².